The van der Waals surface area contributed by atoms with Crippen LogP contribution in [0, 0.1) is 0 Å². The molecular weight excluding hydrogens is 340 g/mol. The van der Waals surface area contributed by atoms with Crippen LogP contribution in [0.5, 0.6) is 0 Å². The Morgan fingerprint density at radius 1 is 0.923 bits per heavy atom. The average Bonchev–Trinajstić information content (AvgIpc) is 3.39. The summed E-state index contributed by atoms with van der Waals surface area (Å²) in [6.07, 6.45) is 7.33. The van der Waals surface area contributed by atoms with Crippen LogP contribution in [-0.2, 0) is 0 Å². The molecule has 1 saturated carbocycles. The highest BCUT2D eigenvalue weighted by Gasteiger charge is 2.27. The predicted molar refractivity (Wildman–Crippen MR) is 109 cm³/mol. The molecule has 0 atom stereocenters. The molecule has 5 heteroatoms. The molecule has 1 aromatic carbocycles. The van der Waals surface area contributed by atoms with Crippen molar-refractivity contribution in [1.82, 2.24) is 14.9 Å². The molecule has 0 radical (unpaired) electrons. The second kappa shape index (κ2) is 6.97. The fraction of sp³-hybridized carbons (Fsp3) is 0.429. The third-order valence-electron chi connectivity index (χ3n) is 5.89. The second-order valence-electron chi connectivity index (χ2n) is 7.35. The van der Waals surface area contributed by atoms with E-state index in [9.17, 15) is 0 Å². The fourth-order valence-electron chi connectivity index (χ4n) is 4.50. The molecule has 0 amide bonds. The van der Waals surface area contributed by atoms with E-state index in [1.165, 1.54) is 42.2 Å². The average molecular weight is 365 g/mol. The molecule has 26 heavy (non-hydrogen) atoms. The Morgan fingerprint density at radius 3 is 2.46 bits per heavy atom. The fourth-order valence-corrected chi connectivity index (χ4v) is 5.41. The Kier molecular flexibility index (Phi) is 4.35. The van der Waals surface area contributed by atoms with E-state index >= 15 is 0 Å². The molecule has 134 valence electrons. The zero-order valence-electron chi connectivity index (χ0n) is 15.0. The molecule has 2 fully saturated rings. The van der Waals surface area contributed by atoms with Gasteiger partial charge in [-0.05, 0) is 18.4 Å². The predicted octanol–water partition coefficient (Wildman–Crippen LogP) is 4.42. The third kappa shape index (κ3) is 2.89. The van der Waals surface area contributed by atoms with Gasteiger partial charge in [-0.25, -0.2) is 9.97 Å². The Bertz CT molecular complexity index is 877. The minimum absolute atomic E-state index is 0.823. The van der Waals surface area contributed by atoms with Crippen LogP contribution < -0.4 is 4.90 Å². The van der Waals surface area contributed by atoms with Crippen molar-refractivity contribution in [1.29, 1.82) is 0 Å². The van der Waals surface area contributed by atoms with E-state index in [0.717, 1.165) is 42.9 Å². The van der Waals surface area contributed by atoms with Gasteiger partial charge in [-0.3, -0.25) is 4.90 Å². The number of piperazine rings is 1. The highest BCUT2D eigenvalue weighted by molar-refractivity contribution is 7.17. The SMILES string of the molecule is c1ccc(-c2csc3ncnc(N4CCN(C5CCCC5)CC4)c23)cc1. The normalized spacial score (nSPS) is 19.5. The standard InChI is InChI=1S/C21H24N4S/c1-2-6-16(7-3-1)18-14-26-21-19(18)20(22-15-23-21)25-12-10-24(11-13-25)17-8-4-5-9-17/h1-3,6-7,14-15,17H,4-5,8-13H2. The summed E-state index contributed by atoms with van der Waals surface area (Å²) in [5, 5.41) is 3.45. The number of nitrogens with zero attached hydrogens (tertiary/aromatic N) is 4. The molecule has 0 spiro atoms. The summed E-state index contributed by atoms with van der Waals surface area (Å²) in [4.78, 5) is 15.5. The van der Waals surface area contributed by atoms with Gasteiger partial charge < -0.3 is 4.90 Å². The first kappa shape index (κ1) is 16.2. The van der Waals surface area contributed by atoms with Crippen LogP contribution in [0.4, 0.5) is 5.82 Å². The molecular formula is C21H24N4S. The molecule has 1 aliphatic carbocycles. The van der Waals surface area contributed by atoms with Crippen molar-refractivity contribution in [2.24, 2.45) is 0 Å². The number of aromatic nitrogens is 2. The van der Waals surface area contributed by atoms with Gasteiger partial charge in [0.05, 0.1) is 5.39 Å². The van der Waals surface area contributed by atoms with E-state index < -0.39 is 0 Å². The molecule has 0 bridgehead atoms. The van der Waals surface area contributed by atoms with Gasteiger partial charge in [0.1, 0.15) is 17.0 Å². The van der Waals surface area contributed by atoms with E-state index in [4.69, 9.17) is 4.98 Å². The summed E-state index contributed by atoms with van der Waals surface area (Å²) in [5.74, 6) is 1.11. The Morgan fingerprint density at radius 2 is 1.69 bits per heavy atom. The lowest BCUT2D eigenvalue weighted by Gasteiger charge is -2.38. The van der Waals surface area contributed by atoms with Crippen LogP contribution in [-0.4, -0.2) is 47.1 Å². The number of hydrogen-bond donors (Lipinski definition) is 0. The molecule has 2 aliphatic rings. The zero-order chi connectivity index (χ0) is 17.3. The smallest absolute Gasteiger partial charge is 0.141 e. The van der Waals surface area contributed by atoms with E-state index in [0.29, 0.717) is 0 Å². The van der Waals surface area contributed by atoms with Crippen molar-refractivity contribution < 1.29 is 0 Å². The van der Waals surface area contributed by atoms with Crippen molar-refractivity contribution in [3.8, 4) is 11.1 Å². The molecule has 2 aromatic heterocycles. The molecule has 3 aromatic rings. The zero-order valence-corrected chi connectivity index (χ0v) is 15.8. The summed E-state index contributed by atoms with van der Waals surface area (Å²) in [7, 11) is 0. The molecule has 0 N–H and O–H groups in total. The highest BCUT2D eigenvalue weighted by atomic mass is 32.1. The van der Waals surface area contributed by atoms with Gasteiger partial charge in [-0.2, -0.15) is 0 Å². The van der Waals surface area contributed by atoms with E-state index in [-0.39, 0.29) is 0 Å². The lowest BCUT2D eigenvalue weighted by atomic mass is 10.1. The number of benzene rings is 1. The van der Waals surface area contributed by atoms with Crippen LogP contribution in [0.2, 0.25) is 0 Å². The number of hydrogen-bond acceptors (Lipinski definition) is 5. The van der Waals surface area contributed by atoms with Crippen LogP contribution in [0.1, 0.15) is 25.7 Å². The number of rotatable bonds is 3. The first-order valence-electron chi connectivity index (χ1n) is 9.67. The summed E-state index contributed by atoms with van der Waals surface area (Å²) in [6.45, 7) is 4.43. The van der Waals surface area contributed by atoms with E-state index in [1.54, 1.807) is 17.7 Å². The summed E-state index contributed by atoms with van der Waals surface area (Å²) in [6, 6.07) is 11.4. The molecule has 1 aliphatic heterocycles. The van der Waals surface area contributed by atoms with Crippen molar-refractivity contribution >= 4 is 27.4 Å². The molecule has 4 nitrogen and oxygen atoms in total. The van der Waals surface area contributed by atoms with Crippen LogP contribution in [0.3, 0.4) is 0 Å². The maximum Gasteiger partial charge on any atom is 0.141 e. The highest BCUT2D eigenvalue weighted by Crippen LogP contribution is 2.38. The minimum atomic E-state index is 0.823. The van der Waals surface area contributed by atoms with Gasteiger partial charge in [-0.1, -0.05) is 43.2 Å². The first-order valence-corrected chi connectivity index (χ1v) is 10.5. The first-order chi connectivity index (χ1) is 12.9. The minimum Gasteiger partial charge on any atom is -0.353 e. The van der Waals surface area contributed by atoms with Crippen LogP contribution in [0.25, 0.3) is 21.3 Å². The van der Waals surface area contributed by atoms with Gasteiger partial charge in [0, 0.05) is 43.2 Å². The van der Waals surface area contributed by atoms with Crippen molar-refractivity contribution in [2.45, 2.75) is 31.7 Å². The molecule has 5 rings (SSSR count). The largest absolute Gasteiger partial charge is 0.353 e. The lowest BCUT2D eigenvalue weighted by molar-refractivity contribution is 0.187. The summed E-state index contributed by atoms with van der Waals surface area (Å²) < 4.78 is 0. The van der Waals surface area contributed by atoms with Gasteiger partial charge in [0.2, 0.25) is 0 Å². The molecule has 3 heterocycles. The molecule has 1 saturated heterocycles. The Hall–Kier alpha value is -1.98. The maximum atomic E-state index is 4.71. The van der Waals surface area contributed by atoms with Gasteiger partial charge in [0.25, 0.3) is 0 Å². The summed E-state index contributed by atoms with van der Waals surface area (Å²) in [5.41, 5.74) is 2.51. The van der Waals surface area contributed by atoms with Crippen molar-refractivity contribution in [3.63, 3.8) is 0 Å². The topological polar surface area (TPSA) is 32.3 Å². The Labute approximate surface area is 158 Å². The lowest BCUT2D eigenvalue weighted by Crippen LogP contribution is -2.50. The van der Waals surface area contributed by atoms with Gasteiger partial charge in [0.15, 0.2) is 0 Å². The number of thiophene rings is 1. The van der Waals surface area contributed by atoms with Gasteiger partial charge in [-0.15, -0.1) is 11.3 Å². The van der Waals surface area contributed by atoms with Crippen LogP contribution >= 0.6 is 11.3 Å². The van der Waals surface area contributed by atoms with Crippen molar-refractivity contribution in [2.75, 3.05) is 31.1 Å². The maximum absolute atomic E-state index is 4.71. The number of anilines is 1. The quantitative estimate of drug-likeness (QED) is 0.688. The summed E-state index contributed by atoms with van der Waals surface area (Å²) >= 11 is 1.72. The third-order valence-corrected chi connectivity index (χ3v) is 6.78. The van der Waals surface area contributed by atoms with E-state index in [1.807, 2.05) is 0 Å². The second-order valence-corrected chi connectivity index (χ2v) is 8.21. The Balaban J connectivity index is 1.45. The molecule has 0 unspecified atom stereocenters. The van der Waals surface area contributed by atoms with E-state index in [2.05, 4.69) is 50.5 Å². The van der Waals surface area contributed by atoms with Gasteiger partial charge >= 0.3 is 0 Å². The monoisotopic (exact) mass is 364 g/mol. The van der Waals surface area contributed by atoms with Crippen molar-refractivity contribution in [3.05, 3.63) is 42.0 Å². The number of fused-ring (bicyclic) bond motifs is 1. The van der Waals surface area contributed by atoms with Crippen LogP contribution in [0.15, 0.2) is 42.0 Å².